The predicted molar refractivity (Wildman–Crippen MR) is 93.0 cm³/mol. The molecule has 2 rings (SSSR count). The lowest BCUT2D eigenvalue weighted by Crippen LogP contribution is -2.30. The van der Waals surface area contributed by atoms with Gasteiger partial charge in [-0.3, -0.25) is 0 Å². The van der Waals surface area contributed by atoms with Gasteiger partial charge < -0.3 is 5.32 Å². The largest absolute Gasteiger partial charge is 0.315 e. The van der Waals surface area contributed by atoms with Crippen molar-refractivity contribution in [1.29, 1.82) is 0 Å². The van der Waals surface area contributed by atoms with Crippen molar-refractivity contribution in [2.45, 2.75) is 64.7 Å². The Balaban J connectivity index is 2.10. The van der Waals surface area contributed by atoms with Gasteiger partial charge in [-0.2, -0.15) is 0 Å². The molecule has 116 valence electrons. The lowest BCUT2D eigenvalue weighted by atomic mass is 9.85. The fourth-order valence-electron chi connectivity index (χ4n) is 3.35. The number of nitrogens with one attached hydrogen (secondary N) is 1. The topological polar surface area (TPSA) is 12.0 Å². The quantitative estimate of drug-likeness (QED) is 0.549. The van der Waals surface area contributed by atoms with Gasteiger partial charge in [0.05, 0.1) is 0 Å². The molecule has 1 heteroatoms. The Morgan fingerprint density at radius 2 is 2.00 bits per heavy atom. The smallest absolute Gasteiger partial charge is 0.0171 e. The molecule has 1 atom stereocenters. The van der Waals surface area contributed by atoms with Crippen molar-refractivity contribution >= 4 is 0 Å². The van der Waals surface area contributed by atoms with Gasteiger partial charge in [0.15, 0.2) is 0 Å². The second kappa shape index (κ2) is 8.38. The summed E-state index contributed by atoms with van der Waals surface area (Å²) in [7, 11) is 0. The SMILES string of the molecule is C=C1CCNCC1c1ccc(CC)c(CCCCCC)c1. The Hall–Kier alpha value is -1.08. The lowest BCUT2D eigenvalue weighted by molar-refractivity contribution is 0.556. The Kier molecular flexibility index (Phi) is 6.50. The molecule has 0 radical (unpaired) electrons. The number of hydrogen-bond acceptors (Lipinski definition) is 1. The molecule has 1 nitrogen and oxygen atoms in total. The highest BCUT2D eigenvalue weighted by atomic mass is 14.9. The number of rotatable bonds is 7. The van der Waals surface area contributed by atoms with Gasteiger partial charge in [0.1, 0.15) is 0 Å². The average molecular weight is 285 g/mol. The molecular formula is C20H31N. The summed E-state index contributed by atoms with van der Waals surface area (Å²) in [5, 5.41) is 3.51. The van der Waals surface area contributed by atoms with Crippen LogP contribution in [0.3, 0.4) is 0 Å². The molecule has 0 spiro atoms. The third-order valence-electron chi connectivity index (χ3n) is 4.78. The highest BCUT2D eigenvalue weighted by Crippen LogP contribution is 2.29. The number of piperidine rings is 1. The maximum absolute atomic E-state index is 4.29. The summed E-state index contributed by atoms with van der Waals surface area (Å²) in [4.78, 5) is 0. The lowest BCUT2D eigenvalue weighted by Gasteiger charge is -2.26. The van der Waals surface area contributed by atoms with E-state index < -0.39 is 0 Å². The minimum atomic E-state index is 0.513. The summed E-state index contributed by atoms with van der Waals surface area (Å²) in [5.74, 6) is 0.513. The summed E-state index contributed by atoms with van der Waals surface area (Å²) in [6.07, 6.45) is 8.87. The maximum atomic E-state index is 4.29. The molecule has 0 aromatic heterocycles. The van der Waals surface area contributed by atoms with Crippen LogP contribution >= 0.6 is 0 Å². The van der Waals surface area contributed by atoms with Gasteiger partial charge in [-0.15, -0.1) is 0 Å². The van der Waals surface area contributed by atoms with E-state index in [9.17, 15) is 0 Å². The van der Waals surface area contributed by atoms with Crippen molar-refractivity contribution in [3.8, 4) is 0 Å². The Morgan fingerprint density at radius 1 is 1.14 bits per heavy atom. The van der Waals surface area contributed by atoms with Crippen LogP contribution in [0.5, 0.6) is 0 Å². The molecule has 1 aliphatic rings. The van der Waals surface area contributed by atoms with Crippen LogP contribution in [0.2, 0.25) is 0 Å². The number of unbranched alkanes of at least 4 members (excludes halogenated alkanes) is 3. The van der Waals surface area contributed by atoms with Gasteiger partial charge in [-0.1, -0.05) is 63.5 Å². The molecule has 0 aliphatic carbocycles. The van der Waals surface area contributed by atoms with E-state index in [2.05, 4.69) is 43.9 Å². The Morgan fingerprint density at radius 3 is 2.71 bits per heavy atom. The molecule has 1 unspecified atom stereocenters. The van der Waals surface area contributed by atoms with Crippen molar-refractivity contribution in [3.63, 3.8) is 0 Å². The number of aryl methyl sites for hydroxylation is 2. The summed E-state index contributed by atoms with van der Waals surface area (Å²) < 4.78 is 0. The van der Waals surface area contributed by atoms with Gasteiger partial charge in [-0.25, -0.2) is 0 Å². The summed E-state index contributed by atoms with van der Waals surface area (Å²) in [6.45, 7) is 11.0. The first kappa shape index (κ1) is 16.3. The van der Waals surface area contributed by atoms with Gasteiger partial charge in [0.2, 0.25) is 0 Å². The van der Waals surface area contributed by atoms with E-state index in [1.165, 1.54) is 48.8 Å². The molecule has 1 aliphatic heterocycles. The van der Waals surface area contributed by atoms with Crippen molar-refractivity contribution < 1.29 is 0 Å². The minimum absolute atomic E-state index is 0.513. The van der Waals surface area contributed by atoms with Crippen molar-refractivity contribution in [1.82, 2.24) is 5.32 Å². The van der Waals surface area contributed by atoms with E-state index >= 15 is 0 Å². The second-order valence-corrected chi connectivity index (χ2v) is 6.36. The zero-order chi connectivity index (χ0) is 15.1. The normalized spacial score (nSPS) is 19.0. The summed E-state index contributed by atoms with van der Waals surface area (Å²) in [5.41, 5.74) is 5.97. The van der Waals surface area contributed by atoms with Crippen LogP contribution in [-0.2, 0) is 12.8 Å². The predicted octanol–water partition coefficient (Wildman–Crippen LogP) is 5.00. The minimum Gasteiger partial charge on any atom is -0.315 e. The monoisotopic (exact) mass is 285 g/mol. The zero-order valence-corrected chi connectivity index (χ0v) is 13.9. The van der Waals surface area contributed by atoms with Crippen LogP contribution in [0.1, 0.15) is 68.6 Å². The van der Waals surface area contributed by atoms with Gasteiger partial charge in [-0.05, 0) is 48.9 Å². The van der Waals surface area contributed by atoms with Gasteiger partial charge >= 0.3 is 0 Å². The van der Waals surface area contributed by atoms with E-state index in [-0.39, 0.29) is 0 Å². The standard InChI is InChI=1S/C20H31N/c1-4-6-7-8-9-18-14-19(11-10-17(18)5-2)20-15-21-13-12-16(20)3/h10-11,14,20-21H,3-9,12-13,15H2,1-2H3. The van der Waals surface area contributed by atoms with Crippen LogP contribution in [0.4, 0.5) is 0 Å². The first-order chi connectivity index (χ1) is 10.3. The van der Waals surface area contributed by atoms with E-state index in [4.69, 9.17) is 0 Å². The van der Waals surface area contributed by atoms with E-state index in [1.807, 2.05) is 0 Å². The Bertz CT molecular complexity index is 461. The van der Waals surface area contributed by atoms with Crippen LogP contribution in [0.25, 0.3) is 0 Å². The van der Waals surface area contributed by atoms with Crippen molar-refractivity contribution in [2.24, 2.45) is 0 Å². The summed E-state index contributed by atoms with van der Waals surface area (Å²) >= 11 is 0. The first-order valence-electron chi connectivity index (χ1n) is 8.76. The highest BCUT2D eigenvalue weighted by molar-refractivity contribution is 5.38. The average Bonchev–Trinajstić information content (AvgIpc) is 2.52. The molecule has 1 heterocycles. The molecule has 0 amide bonds. The third-order valence-corrected chi connectivity index (χ3v) is 4.78. The molecule has 1 saturated heterocycles. The third kappa shape index (κ3) is 4.44. The molecule has 1 fully saturated rings. The number of hydrogen-bond donors (Lipinski definition) is 1. The zero-order valence-electron chi connectivity index (χ0n) is 13.9. The van der Waals surface area contributed by atoms with Crippen LogP contribution < -0.4 is 5.32 Å². The molecule has 1 N–H and O–H groups in total. The fraction of sp³-hybridized carbons (Fsp3) is 0.600. The Labute approximate surface area is 130 Å². The molecular weight excluding hydrogens is 254 g/mol. The van der Waals surface area contributed by atoms with Gasteiger partial charge in [0.25, 0.3) is 0 Å². The molecule has 1 aromatic rings. The van der Waals surface area contributed by atoms with Crippen LogP contribution in [0, 0.1) is 0 Å². The maximum Gasteiger partial charge on any atom is 0.0171 e. The van der Waals surface area contributed by atoms with E-state index in [0.29, 0.717) is 5.92 Å². The summed E-state index contributed by atoms with van der Waals surface area (Å²) in [6, 6.07) is 7.15. The molecule has 21 heavy (non-hydrogen) atoms. The fourth-order valence-corrected chi connectivity index (χ4v) is 3.35. The van der Waals surface area contributed by atoms with Gasteiger partial charge in [0, 0.05) is 12.5 Å². The van der Waals surface area contributed by atoms with Crippen molar-refractivity contribution in [2.75, 3.05) is 13.1 Å². The van der Waals surface area contributed by atoms with Crippen molar-refractivity contribution in [3.05, 3.63) is 47.0 Å². The molecule has 1 aromatic carbocycles. The molecule has 0 bridgehead atoms. The van der Waals surface area contributed by atoms with Crippen LogP contribution in [-0.4, -0.2) is 13.1 Å². The number of benzene rings is 1. The van der Waals surface area contributed by atoms with Crippen LogP contribution in [0.15, 0.2) is 30.4 Å². The van der Waals surface area contributed by atoms with E-state index in [0.717, 1.165) is 25.9 Å². The molecule has 0 saturated carbocycles. The second-order valence-electron chi connectivity index (χ2n) is 6.36. The first-order valence-corrected chi connectivity index (χ1v) is 8.76. The van der Waals surface area contributed by atoms with E-state index in [1.54, 1.807) is 5.56 Å². The highest BCUT2D eigenvalue weighted by Gasteiger charge is 2.19.